The lowest BCUT2D eigenvalue weighted by atomic mass is 9.57. The Morgan fingerprint density at radius 2 is 2.00 bits per heavy atom. The fraction of sp³-hybridized carbons (Fsp3) is 0.600. The van der Waals surface area contributed by atoms with Crippen molar-refractivity contribution in [3.63, 3.8) is 0 Å². The predicted octanol–water partition coefficient (Wildman–Crippen LogP) is 4.49. The van der Waals surface area contributed by atoms with E-state index in [1.165, 1.54) is 18.9 Å². The fourth-order valence-corrected chi connectivity index (χ4v) is 6.29. The van der Waals surface area contributed by atoms with E-state index in [2.05, 4.69) is 44.7 Å². The highest BCUT2D eigenvalue weighted by molar-refractivity contribution is 6.33. The Morgan fingerprint density at radius 1 is 1.24 bits per heavy atom. The first kappa shape index (κ1) is 22.3. The summed E-state index contributed by atoms with van der Waals surface area (Å²) in [5, 5.41) is 10.7. The van der Waals surface area contributed by atoms with Crippen molar-refractivity contribution in [2.75, 3.05) is 41.8 Å². The van der Waals surface area contributed by atoms with Gasteiger partial charge in [0.1, 0.15) is 12.0 Å². The van der Waals surface area contributed by atoms with Gasteiger partial charge in [0.25, 0.3) is 0 Å². The lowest BCUT2D eigenvalue weighted by Crippen LogP contribution is -2.64. The van der Waals surface area contributed by atoms with Crippen molar-refractivity contribution >= 4 is 28.9 Å². The molecule has 3 N–H and O–H groups in total. The van der Waals surface area contributed by atoms with Crippen molar-refractivity contribution in [1.82, 2.24) is 15.3 Å². The van der Waals surface area contributed by atoms with Gasteiger partial charge in [-0.05, 0) is 63.0 Å². The molecular weight excluding hydrogens is 455 g/mol. The molecule has 0 bridgehead atoms. The van der Waals surface area contributed by atoms with Crippen LogP contribution in [0.5, 0.6) is 0 Å². The largest absolute Gasteiger partial charge is 0.381 e. The van der Waals surface area contributed by atoms with Gasteiger partial charge < -0.3 is 25.6 Å². The van der Waals surface area contributed by atoms with Crippen LogP contribution in [0.2, 0.25) is 5.02 Å². The van der Waals surface area contributed by atoms with Gasteiger partial charge in [-0.3, -0.25) is 0 Å². The van der Waals surface area contributed by atoms with Gasteiger partial charge >= 0.3 is 0 Å². The Bertz CT molecular complexity index is 1080. The monoisotopic (exact) mass is 486 g/mol. The smallest absolute Gasteiger partial charge is 0.223 e. The Morgan fingerprint density at radius 3 is 2.68 bits per heavy atom. The Labute approximate surface area is 204 Å². The Kier molecular flexibility index (Phi) is 5.58. The minimum atomic E-state index is -0.270. The summed E-state index contributed by atoms with van der Waals surface area (Å²) in [7, 11) is 0. The highest BCUT2D eigenvalue weighted by atomic mass is 35.5. The zero-order chi connectivity index (χ0) is 23.4. The topological polar surface area (TPSA) is 74.3 Å². The summed E-state index contributed by atoms with van der Waals surface area (Å²) >= 11 is 6.51. The summed E-state index contributed by atoms with van der Waals surface area (Å²) in [4.78, 5) is 11.4. The number of nitrogens with one attached hydrogen (secondary N) is 3. The van der Waals surface area contributed by atoms with E-state index in [4.69, 9.17) is 16.3 Å². The van der Waals surface area contributed by atoms with Gasteiger partial charge in [-0.1, -0.05) is 11.6 Å². The van der Waals surface area contributed by atoms with Crippen LogP contribution in [0.15, 0.2) is 18.3 Å². The summed E-state index contributed by atoms with van der Waals surface area (Å²) in [5.41, 5.74) is 3.15. The molecule has 9 heteroatoms. The van der Waals surface area contributed by atoms with Crippen molar-refractivity contribution in [3.8, 4) is 11.3 Å². The van der Waals surface area contributed by atoms with E-state index in [1.54, 1.807) is 6.20 Å². The third kappa shape index (κ3) is 3.80. The molecular formula is C25H32ClFN6O. The van der Waals surface area contributed by atoms with Crippen molar-refractivity contribution in [1.29, 1.82) is 0 Å². The first-order valence-electron chi connectivity index (χ1n) is 12.4. The molecule has 1 saturated carbocycles. The molecule has 34 heavy (non-hydrogen) atoms. The summed E-state index contributed by atoms with van der Waals surface area (Å²) < 4.78 is 20.9. The summed E-state index contributed by atoms with van der Waals surface area (Å²) in [5.74, 6) is 0.754. The van der Waals surface area contributed by atoms with Gasteiger partial charge in [-0.25, -0.2) is 14.4 Å². The van der Waals surface area contributed by atoms with Crippen LogP contribution in [0.4, 0.5) is 21.7 Å². The van der Waals surface area contributed by atoms with Crippen LogP contribution in [0.1, 0.15) is 39.5 Å². The van der Waals surface area contributed by atoms with Crippen molar-refractivity contribution in [2.45, 2.75) is 57.8 Å². The summed E-state index contributed by atoms with van der Waals surface area (Å²) in [6.07, 6.45) is 5.88. The van der Waals surface area contributed by atoms with Crippen LogP contribution in [-0.2, 0) is 4.74 Å². The average molecular weight is 487 g/mol. The first-order chi connectivity index (χ1) is 16.4. The zero-order valence-corrected chi connectivity index (χ0v) is 20.5. The van der Waals surface area contributed by atoms with E-state index >= 15 is 4.39 Å². The maximum absolute atomic E-state index is 15.5. The lowest BCUT2D eigenvalue weighted by Gasteiger charge is -2.57. The molecule has 1 spiro atoms. The second kappa shape index (κ2) is 8.50. The van der Waals surface area contributed by atoms with Crippen molar-refractivity contribution < 1.29 is 9.13 Å². The third-order valence-corrected chi connectivity index (χ3v) is 8.18. The maximum Gasteiger partial charge on any atom is 0.223 e. The highest BCUT2D eigenvalue weighted by Crippen LogP contribution is 2.54. The zero-order valence-electron chi connectivity index (χ0n) is 19.7. The third-order valence-electron chi connectivity index (χ3n) is 7.90. The van der Waals surface area contributed by atoms with Crippen LogP contribution in [-0.4, -0.2) is 54.5 Å². The van der Waals surface area contributed by atoms with Crippen LogP contribution in [0, 0.1) is 17.2 Å². The number of hydrogen-bond donors (Lipinski definition) is 3. The minimum Gasteiger partial charge on any atom is -0.381 e. The molecule has 1 aliphatic carbocycles. The van der Waals surface area contributed by atoms with Crippen molar-refractivity contribution in [3.05, 3.63) is 29.2 Å². The highest BCUT2D eigenvalue weighted by Gasteiger charge is 2.53. The molecule has 1 aromatic carbocycles. The van der Waals surface area contributed by atoms with Crippen molar-refractivity contribution in [2.24, 2.45) is 11.3 Å². The molecule has 1 aromatic heterocycles. The maximum atomic E-state index is 15.5. The summed E-state index contributed by atoms with van der Waals surface area (Å²) in [6, 6.07) is 4.06. The standard InChI is InChI=1S/C25H32ClFN6O/c1-14(2)33-20-8-15(21-18(26)11-29-24(32-21)30-17-3-5-34-6-4-17)7-19(27)22(20)31-23(33)16-9-25(10-16)12-28-13-25/h7-8,11,14,16-17,23,28,31H,3-6,9-10,12-13H2,1-2H3,(H,29,30,32). The van der Waals surface area contributed by atoms with E-state index in [-0.39, 0.29) is 24.1 Å². The van der Waals surface area contributed by atoms with Crippen LogP contribution in [0.25, 0.3) is 11.3 Å². The number of rotatable bonds is 5. The van der Waals surface area contributed by atoms with Gasteiger partial charge in [-0.15, -0.1) is 0 Å². The summed E-state index contributed by atoms with van der Waals surface area (Å²) in [6.45, 7) is 8.01. The van der Waals surface area contributed by atoms with Crippen LogP contribution < -0.4 is 20.9 Å². The van der Waals surface area contributed by atoms with E-state index in [9.17, 15) is 0 Å². The van der Waals surface area contributed by atoms with Crippen LogP contribution in [0.3, 0.4) is 0 Å². The van der Waals surface area contributed by atoms with Gasteiger partial charge in [0, 0.05) is 44.0 Å². The van der Waals surface area contributed by atoms with E-state index < -0.39 is 0 Å². The molecule has 4 heterocycles. The van der Waals surface area contributed by atoms with Gasteiger partial charge in [0.15, 0.2) is 0 Å². The number of benzene rings is 1. The molecule has 0 amide bonds. The molecule has 182 valence electrons. The number of nitrogens with zero attached hydrogens (tertiary/aromatic N) is 3. The molecule has 7 nitrogen and oxygen atoms in total. The lowest BCUT2D eigenvalue weighted by molar-refractivity contribution is -0.00845. The molecule has 0 radical (unpaired) electrons. The molecule has 4 aliphatic rings. The number of aromatic nitrogens is 2. The molecule has 3 fully saturated rings. The fourth-order valence-electron chi connectivity index (χ4n) is 6.09. The normalized spacial score (nSPS) is 24.0. The Hall–Kier alpha value is -2.16. The second-order valence-corrected chi connectivity index (χ2v) is 11.0. The van der Waals surface area contributed by atoms with Gasteiger partial charge in [0.05, 0.1) is 28.3 Å². The minimum absolute atomic E-state index is 0.109. The Balaban J connectivity index is 1.29. The number of ether oxygens (including phenoxy) is 1. The first-order valence-corrected chi connectivity index (χ1v) is 12.8. The predicted molar refractivity (Wildman–Crippen MR) is 133 cm³/mol. The average Bonchev–Trinajstić information content (AvgIpc) is 3.14. The number of anilines is 3. The number of hydrogen-bond acceptors (Lipinski definition) is 7. The SMILES string of the molecule is CC(C)N1c2cc(-c3nc(NC4CCOCC4)ncc3Cl)cc(F)c2NC1C1CC2(CNC2)C1. The van der Waals surface area contributed by atoms with E-state index in [0.29, 0.717) is 39.2 Å². The second-order valence-electron chi connectivity index (χ2n) is 10.6. The number of halogens is 2. The van der Waals surface area contributed by atoms with E-state index in [0.717, 1.165) is 44.8 Å². The van der Waals surface area contributed by atoms with Gasteiger partial charge in [0.2, 0.25) is 5.95 Å². The van der Waals surface area contributed by atoms with E-state index in [1.807, 2.05) is 6.07 Å². The molecule has 2 saturated heterocycles. The quantitative estimate of drug-likeness (QED) is 0.574. The molecule has 1 atom stereocenters. The molecule has 3 aliphatic heterocycles. The molecule has 2 aromatic rings. The number of fused-ring (bicyclic) bond motifs is 1. The van der Waals surface area contributed by atoms with Gasteiger partial charge in [-0.2, -0.15) is 0 Å². The van der Waals surface area contributed by atoms with Crippen LogP contribution >= 0.6 is 11.6 Å². The molecule has 6 rings (SSSR count). The molecule has 1 unspecified atom stereocenters.